The van der Waals surface area contributed by atoms with Crippen molar-refractivity contribution >= 4 is 0 Å². The van der Waals surface area contributed by atoms with Crippen molar-refractivity contribution < 1.29 is 5.11 Å². The Morgan fingerprint density at radius 1 is 1.57 bits per heavy atom. The van der Waals surface area contributed by atoms with Gasteiger partial charge in [0.25, 0.3) is 0 Å². The highest BCUT2D eigenvalue weighted by atomic mass is 16.3. The summed E-state index contributed by atoms with van der Waals surface area (Å²) in [6.45, 7) is 0. The first kappa shape index (κ1) is 5.66. The summed E-state index contributed by atoms with van der Waals surface area (Å²) < 4.78 is 0. The van der Waals surface area contributed by atoms with Crippen LogP contribution in [0.1, 0.15) is 0 Å². The van der Waals surface area contributed by atoms with E-state index in [4.69, 9.17) is 18.0 Å². The van der Waals surface area contributed by atoms with Gasteiger partial charge in [0.1, 0.15) is 0 Å². The molecule has 1 heteroatoms. The Balaban J connectivity index is 3.89. The van der Waals surface area contributed by atoms with Crippen molar-refractivity contribution in [1.82, 2.24) is 0 Å². The van der Waals surface area contributed by atoms with Crippen LogP contribution < -0.4 is 0 Å². The molecule has 0 spiro atoms. The van der Waals surface area contributed by atoms with E-state index in [1.165, 1.54) is 0 Å². The van der Waals surface area contributed by atoms with E-state index in [-0.39, 0.29) is 5.76 Å². The number of aliphatic hydroxyl groups is 1. The van der Waals surface area contributed by atoms with Gasteiger partial charge < -0.3 is 5.11 Å². The number of terminal acetylenes is 2. The molecule has 0 saturated carbocycles. The van der Waals surface area contributed by atoms with Crippen LogP contribution in [-0.2, 0) is 0 Å². The molecular weight excluding hydrogens is 88.1 g/mol. The fourth-order valence-electron chi connectivity index (χ4n) is 0.121. The molecule has 0 bridgehead atoms. The quantitative estimate of drug-likeness (QED) is 0.344. The number of hydrogen-bond acceptors (Lipinski definition) is 1. The molecule has 0 aliphatic rings. The Labute approximate surface area is 42.7 Å². The second-order valence-electron chi connectivity index (χ2n) is 0.841. The lowest BCUT2D eigenvalue weighted by atomic mass is 10.5. The van der Waals surface area contributed by atoms with Crippen molar-refractivity contribution in [2.75, 3.05) is 0 Å². The predicted molar refractivity (Wildman–Crippen MR) is 28.4 cm³/mol. The Kier molecular flexibility index (Phi) is 2.32. The van der Waals surface area contributed by atoms with Gasteiger partial charge in [-0.3, -0.25) is 0 Å². The fraction of sp³-hybridized carbons (Fsp3) is 0. The number of allylic oxidation sites excluding steroid dienone is 2. The summed E-state index contributed by atoms with van der Waals surface area (Å²) >= 11 is 0. The van der Waals surface area contributed by atoms with Crippen molar-refractivity contribution in [3.63, 3.8) is 0 Å². The molecule has 0 rings (SSSR count). The summed E-state index contributed by atoms with van der Waals surface area (Å²) in [5.41, 5.74) is 0. The van der Waals surface area contributed by atoms with Gasteiger partial charge in [0.05, 0.1) is 0 Å². The first-order valence-corrected chi connectivity index (χ1v) is 1.63. The predicted octanol–water partition coefficient (Wildman–Crippen LogP) is 0.695. The van der Waals surface area contributed by atoms with Crippen LogP contribution in [-0.4, -0.2) is 5.11 Å². The van der Waals surface area contributed by atoms with Gasteiger partial charge >= 0.3 is 0 Å². The van der Waals surface area contributed by atoms with Crippen LogP contribution in [0.25, 0.3) is 0 Å². The molecule has 0 heterocycles. The zero-order valence-electron chi connectivity index (χ0n) is 3.68. The zero-order valence-corrected chi connectivity index (χ0v) is 3.68. The minimum Gasteiger partial charge on any atom is -0.500 e. The van der Waals surface area contributed by atoms with E-state index < -0.39 is 0 Å². The first-order chi connectivity index (χ1) is 3.31. The van der Waals surface area contributed by atoms with Crippen molar-refractivity contribution in [3.8, 4) is 24.7 Å². The van der Waals surface area contributed by atoms with E-state index in [1.807, 2.05) is 5.92 Å². The monoisotopic (exact) mass is 92.0 g/mol. The SMILES string of the molecule is C#C/C=C(\O)C#C. The smallest absolute Gasteiger partial charge is 0.175 e. The number of hydrogen-bond donors (Lipinski definition) is 1. The van der Waals surface area contributed by atoms with Crippen LogP contribution >= 0.6 is 0 Å². The van der Waals surface area contributed by atoms with E-state index in [2.05, 4.69) is 5.92 Å². The Hall–Kier alpha value is -1.34. The van der Waals surface area contributed by atoms with E-state index in [1.54, 1.807) is 0 Å². The van der Waals surface area contributed by atoms with Crippen LogP contribution in [0.3, 0.4) is 0 Å². The number of rotatable bonds is 0. The summed E-state index contributed by atoms with van der Waals surface area (Å²) in [5, 5.41) is 8.34. The summed E-state index contributed by atoms with van der Waals surface area (Å²) in [6.07, 6.45) is 10.5. The lowest BCUT2D eigenvalue weighted by Gasteiger charge is -1.74. The minimum absolute atomic E-state index is 0.206. The lowest BCUT2D eigenvalue weighted by molar-refractivity contribution is 0.439. The third-order valence-corrected chi connectivity index (χ3v) is 0.368. The second-order valence-corrected chi connectivity index (χ2v) is 0.841. The molecule has 0 unspecified atom stereocenters. The van der Waals surface area contributed by atoms with Crippen LogP contribution in [0.4, 0.5) is 0 Å². The largest absolute Gasteiger partial charge is 0.500 e. The zero-order chi connectivity index (χ0) is 5.70. The summed E-state index contributed by atoms with van der Waals surface area (Å²) in [6, 6.07) is 0. The molecule has 0 aliphatic carbocycles. The van der Waals surface area contributed by atoms with Crippen molar-refractivity contribution in [2.24, 2.45) is 0 Å². The third-order valence-electron chi connectivity index (χ3n) is 0.368. The number of aliphatic hydroxyl groups excluding tert-OH is 1. The average molecular weight is 92.1 g/mol. The Morgan fingerprint density at radius 2 is 2.14 bits per heavy atom. The fourth-order valence-corrected chi connectivity index (χ4v) is 0.121. The Bertz CT molecular complexity index is 152. The van der Waals surface area contributed by atoms with Gasteiger partial charge in [-0.1, -0.05) is 5.92 Å². The summed E-state index contributed by atoms with van der Waals surface area (Å²) in [7, 11) is 0. The maximum atomic E-state index is 8.34. The third kappa shape index (κ3) is 2.46. The van der Waals surface area contributed by atoms with Crippen LogP contribution in [0.15, 0.2) is 11.8 Å². The van der Waals surface area contributed by atoms with Crippen LogP contribution in [0, 0.1) is 24.7 Å². The van der Waals surface area contributed by atoms with E-state index >= 15 is 0 Å². The van der Waals surface area contributed by atoms with E-state index in [0.29, 0.717) is 0 Å². The van der Waals surface area contributed by atoms with Gasteiger partial charge in [0, 0.05) is 6.08 Å². The highest BCUT2D eigenvalue weighted by Gasteiger charge is 1.73. The van der Waals surface area contributed by atoms with Gasteiger partial charge in [-0.2, -0.15) is 0 Å². The molecule has 0 aromatic rings. The molecule has 0 fully saturated rings. The van der Waals surface area contributed by atoms with Crippen molar-refractivity contribution in [1.29, 1.82) is 0 Å². The Morgan fingerprint density at radius 3 is 2.29 bits per heavy atom. The molecule has 0 aromatic heterocycles. The summed E-state index contributed by atoms with van der Waals surface area (Å²) in [5.74, 6) is 3.80. The standard InChI is InChI=1S/C6H4O/c1-3-5-6(7)4-2/h1-2,5,7H/b6-5-. The molecule has 1 nitrogen and oxygen atoms in total. The first-order valence-electron chi connectivity index (χ1n) is 1.63. The molecule has 0 saturated heterocycles. The summed E-state index contributed by atoms with van der Waals surface area (Å²) in [4.78, 5) is 0. The average Bonchev–Trinajstić information content (AvgIpc) is 1.68. The topological polar surface area (TPSA) is 20.2 Å². The second kappa shape index (κ2) is 2.87. The van der Waals surface area contributed by atoms with Crippen molar-refractivity contribution in [3.05, 3.63) is 11.8 Å². The van der Waals surface area contributed by atoms with E-state index in [0.717, 1.165) is 6.08 Å². The van der Waals surface area contributed by atoms with E-state index in [9.17, 15) is 0 Å². The van der Waals surface area contributed by atoms with Crippen molar-refractivity contribution in [2.45, 2.75) is 0 Å². The maximum Gasteiger partial charge on any atom is 0.175 e. The van der Waals surface area contributed by atoms with Gasteiger partial charge in [-0.05, 0) is 5.92 Å². The van der Waals surface area contributed by atoms with Gasteiger partial charge in [0.15, 0.2) is 5.76 Å². The molecule has 0 radical (unpaired) electrons. The molecular formula is C6H4O. The highest BCUT2D eigenvalue weighted by molar-refractivity contribution is 5.25. The molecule has 0 amide bonds. The molecule has 1 N–H and O–H groups in total. The highest BCUT2D eigenvalue weighted by Crippen LogP contribution is 1.78. The van der Waals surface area contributed by atoms with Crippen LogP contribution in [0.5, 0.6) is 0 Å². The minimum atomic E-state index is -0.206. The lowest BCUT2D eigenvalue weighted by Crippen LogP contribution is -1.67. The molecule has 0 atom stereocenters. The van der Waals surface area contributed by atoms with Gasteiger partial charge in [-0.15, -0.1) is 12.8 Å². The van der Waals surface area contributed by atoms with Gasteiger partial charge in [0.2, 0.25) is 0 Å². The normalized spacial score (nSPS) is 9.14. The van der Waals surface area contributed by atoms with Gasteiger partial charge in [-0.25, -0.2) is 0 Å². The van der Waals surface area contributed by atoms with Crippen LogP contribution in [0.2, 0.25) is 0 Å². The maximum absolute atomic E-state index is 8.34. The molecule has 0 aromatic carbocycles. The molecule has 7 heavy (non-hydrogen) atoms. The molecule has 0 aliphatic heterocycles. The molecule has 34 valence electrons.